The number of rotatable bonds is 5. The van der Waals surface area contributed by atoms with Gasteiger partial charge in [0, 0.05) is 6.08 Å². The monoisotopic (exact) mass is 290 g/mol. The lowest BCUT2D eigenvalue weighted by Crippen LogP contribution is -2.34. The van der Waals surface area contributed by atoms with Crippen LogP contribution in [0.15, 0.2) is 43.0 Å². The van der Waals surface area contributed by atoms with Gasteiger partial charge >= 0.3 is 5.97 Å². The van der Waals surface area contributed by atoms with E-state index < -0.39 is 5.97 Å². The lowest BCUT2D eigenvalue weighted by atomic mass is 10.1. The second kappa shape index (κ2) is 6.39. The SMILES string of the molecule is C=CC(=O)O[C@@H]1CO[C@H]2[C@@H]1OC[C@@H]2OCc1ccccc1. The number of ether oxygens (including phenoxy) is 4. The molecule has 0 N–H and O–H groups in total. The molecule has 2 heterocycles. The number of esters is 1. The second-order valence-corrected chi connectivity index (χ2v) is 5.11. The van der Waals surface area contributed by atoms with Crippen LogP contribution in [0.5, 0.6) is 0 Å². The molecule has 5 nitrogen and oxygen atoms in total. The van der Waals surface area contributed by atoms with E-state index in [9.17, 15) is 4.79 Å². The number of benzene rings is 1. The minimum atomic E-state index is -0.457. The second-order valence-electron chi connectivity index (χ2n) is 5.11. The lowest BCUT2D eigenvalue weighted by molar-refractivity contribution is -0.147. The van der Waals surface area contributed by atoms with Crippen LogP contribution in [-0.4, -0.2) is 43.6 Å². The van der Waals surface area contributed by atoms with Crippen molar-refractivity contribution in [1.82, 2.24) is 0 Å². The van der Waals surface area contributed by atoms with Crippen LogP contribution in [0.3, 0.4) is 0 Å². The van der Waals surface area contributed by atoms with Crippen LogP contribution in [0.1, 0.15) is 5.56 Å². The number of fused-ring (bicyclic) bond motifs is 1. The van der Waals surface area contributed by atoms with Crippen LogP contribution in [0.4, 0.5) is 0 Å². The minimum absolute atomic E-state index is 0.136. The Kier molecular flexibility index (Phi) is 4.34. The van der Waals surface area contributed by atoms with E-state index >= 15 is 0 Å². The zero-order valence-electron chi connectivity index (χ0n) is 11.6. The summed E-state index contributed by atoms with van der Waals surface area (Å²) in [5.74, 6) is -0.457. The third kappa shape index (κ3) is 3.15. The van der Waals surface area contributed by atoms with Crippen molar-refractivity contribution in [3.05, 3.63) is 48.6 Å². The first-order valence-electron chi connectivity index (χ1n) is 6.99. The van der Waals surface area contributed by atoms with Gasteiger partial charge in [0.15, 0.2) is 6.10 Å². The van der Waals surface area contributed by atoms with Gasteiger partial charge in [-0.15, -0.1) is 0 Å². The fourth-order valence-electron chi connectivity index (χ4n) is 2.65. The molecule has 0 bridgehead atoms. The van der Waals surface area contributed by atoms with E-state index in [0.29, 0.717) is 19.8 Å². The lowest BCUT2D eigenvalue weighted by Gasteiger charge is -2.17. The first kappa shape index (κ1) is 14.3. The van der Waals surface area contributed by atoms with Crippen molar-refractivity contribution in [2.24, 2.45) is 0 Å². The number of hydrogen-bond donors (Lipinski definition) is 0. The summed E-state index contributed by atoms with van der Waals surface area (Å²) < 4.78 is 22.4. The molecule has 0 unspecified atom stereocenters. The van der Waals surface area contributed by atoms with Crippen LogP contribution in [0.25, 0.3) is 0 Å². The Morgan fingerprint density at radius 3 is 2.57 bits per heavy atom. The molecule has 2 aliphatic heterocycles. The van der Waals surface area contributed by atoms with Crippen molar-refractivity contribution < 1.29 is 23.7 Å². The molecule has 21 heavy (non-hydrogen) atoms. The summed E-state index contributed by atoms with van der Waals surface area (Å²) in [4.78, 5) is 11.3. The summed E-state index contributed by atoms with van der Waals surface area (Å²) in [5, 5.41) is 0. The number of carbonyl (C=O) groups is 1. The highest BCUT2D eigenvalue weighted by Gasteiger charge is 2.49. The molecule has 0 aromatic heterocycles. The maximum atomic E-state index is 11.3. The van der Waals surface area contributed by atoms with Crippen molar-refractivity contribution in [3.8, 4) is 0 Å². The summed E-state index contributed by atoms with van der Waals surface area (Å²) in [6, 6.07) is 9.94. The summed E-state index contributed by atoms with van der Waals surface area (Å²) in [7, 11) is 0. The van der Waals surface area contributed by atoms with Crippen LogP contribution in [0, 0.1) is 0 Å². The van der Waals surface area contributed by atoms with Gasteiger partial charge in [-0.1, -0.05) is 36.9 Å². The van der Waals surface area contributed by atoms with E-state index in [0.717, 1.165) is 11.6 Å². The van der Waals surface area contributed by atoms with Crippen molar-refractivity contribution in [2.75, 3.05) is 13.2 Å². The number of carbonyl (C=O) groups excluding carboxylic acids is 1. The van der Waals surface area contributed by atoms with Gasteiger partial charge in [-0.3, -0.25) is 0 Å². The largest absolute Gasteiger partial charge is 0.454 e. The molecule has 5 heteroatoms. The molecule has 0 saturated carbocycles. The van der Waals surface area contributed by atoms with Crippen LogP contribution in [-0.2, 0) is 30.3 Å². The summed E-state index contributed by atoms with van der Waals surface area (Å²) in [6.07, 6.45) is 0.186. The van der Waals surface area contributed by atoms with Crippen LogP contribution in [0.2, 0.25) is 0 Å². The quantitative estimate of drug-likeness (QED) is 0.607. The van der Waals surface area contributed by atoms with E-state index in [4.69, 9.17) is 18.9 Å². The van der Waals surface area contributed by atoms with E-state index in [2.05, 4.69) is 6.58 Å². The third-order valence-corrected chi connectivity index (χ3v) is 3.70. The van der Waals surface area contributed by atoms with Gasteiger partial charge in [-0.25, -0.2) is 4.79 Å². The van der Waals surface area contributed by atoms with Gasteiger partial charge in [-0.2, -0.15) is 0 Å². The van der Waals surface area contributed by atoms with Gasteiger partial charge in [0.2, 0.25) is 0 Å². The zero-order valence-corrected chi connectivity index (χ0v) is 11.6. The maximum absolute atomic E-state index is 11.3. The van der Waals surface area contributed by atoms with Crippen molar-refractivity contribution in [2.45, 2.75) is 31.0 Å². The van der Waals surface area contributed by atoms with E-state index in [1.807, 2.05) is 30.3 Å². The molecule has 2 aliphatic rings. The summed E-state index contributed by atoms with van der Waals surface area (Å²) >= 11 is 0. The topological polar surface area (TPSA) is 54.0 Å². The maximum Gasteiger partial charge on any atom is 0.330 e. The third-order valence-electron chi connectivity index (χ3n) is 3.70. The van der Waals surface area contributed by atoms with E-state index in [1.165, 1.54) is 0 Å². The van der Waals surface area contributed by atoms with Gasteiger partial charge in [0.25, 0.3) is 0 Å². The minimum Gasteiger partial charge on any atom is -0.454 e. The average Bonchev–Trinajstić information content (AvgIpc) is 3.09. The van der Waals surface area contributed by atoms with Gasteiger partial charge in [-0.05, 0) is 5.56 Å². The molecule has 1 aromatic carbocycles. The van der Waals surface area contributed by atoms with E-state index in [1.54, 1.807) is 0 Å². The highest BCUT2D eigenvalue weighted by atomic mass is 16.7. The zero-order chi connectivity index (χ0) is 14.7. The first-order chi connectivity index (χ1) is 10.3. The van der Waals surface area contributed by atoms with Crippen molar-refractivity contribution in [1.29, 1.82) is 0 Å². The van der Waals surface area contributed by atoms with E-state index in [-0.39, 0.29) is 24.4 Å². The molecule has 0 amide bonds. The highest BCUT2D eigenvalue weighted by molar-refractivity contribution is 5.81. The smallest absolute Gasteiger partial charge is 0.330 e. The highest BCUT2D eigenvalue weighted by Crippen LogP contribution is 2.31. The molecule has 0 radical (unpaired) electrons. The van der Waals surface area contributed by atoms with Crippen LogP contribution < -0.4 is 0 Å². The fraction of sp³-hybridized carbons (Fsp3) is 0.438. The fourth-order valence-corrected chi connectivity index (χ4v) is 2.65. The van der Waals surface area contributed by atoms with Crippen molar-refractivity contribution >= 4 is 5.97 Å². The first-order valence-corrected chi connectivity index (χ1v) is 6.99. The molecule has 112 valence electrons. The van der Waals surface area contributed by atoms with Crippen LogP contribution >= 0.6 is 0 Å². The average molecular weight is 290 g/mol. The predicted octanol–water partition coefficient (Wildman–Crippen LogP) is 1.47. The molecular weight excluding hydrogens is 272 g/mol. The molecule has 2 fully saturated rings. The molecule has 2 saturated heterocycles. The molecule has 1 aromatic rings. The van der Waals surface area contributed by atoms with Gasteiger partial charge < -0.3 is 18.9 Å². The Balaban J connectivity index is 1.54. The normalized spacial score (nSPS) is 30.9. The summed E-state index contributed by atoms with van der Waals surface area (Å²) in [6.45, 7) is 4.68. The standard InChI is InChI=1S/C16H18O5/c1-2-14(17)21-13-10-20-15-12(9-19-16(13)15)18-8-11-6-4-3-5-7-11/h2-7,12-13,15-16H,1,8-10H2/t12-,13+,15+,16+/m0/s1. The molecule has 3 rings (SSSR count). The van der Waals surface area contributed by atoms with Crippen molar-refractivity contribution in [3.63, 3.8) is 0 Å². The molecule has 0 aliphatic carbocycles. The Bertz CT molecular complexity index is 501. The van der Waals surface area contributed by atoms with Gasteiger partial charge in [0.1, 0.15) is 18.3 Å². The number of hydrogen-bond acceptors (Lipinski definition) is 5. The Labute approximate surface area is 123 Å². The summed E-state index contributed by atoms with van der Waals surface area (Å²) in [5.41, 5.74) is 1.11. The molecular formula is C16H18O5. The Hall–Kier alpha value is -1.69. The Morgan fingerprint density at radius 1 is 1.19 bits per heavy atom. The predicted molar refractivity (Wildman–Crippen MR) is 74.6 cm³/mol. The molecule has 0 spiro atoms. The molecule has 4 atom stereocenters. The Morgan fingerprint density at radius 2 is 1.86 bits per heavy atom. The van der Waals surface area contributed by atoms with Gasteiger partial charge in [0.05, 0.1) is 19.8 Å².